The lowest BCUT2D eigenvalue weighted by molar-refractivity contribution is 0.633. The molecule has 2 aromatic heterocycles. The van der Waals surface area contributed by atoms with Gasteiger partial charge in [-0.2, -0.15) is 0 Å². The molecule has 0 bridgehead atoms. The van der Waals surface area contributed by atoms with Crippen LogP contribution in [0.4, 0.5) is 0 Å². The molecule has 0 unspecified atom stereocenters. The van der Waals surface area contributed by atoms with Gasteiger partial charge in [-0.05, 0) is 24.6 Å². The van der Waals surface area contributed by atoms with Gasteiger partial charge in [-0.3, -0.25) is 4.79 Å². The highest BCUT2D eigenvalue weighted by Gasteiger charge is 2.06. The summed E-state index contributed by atoms with van der Waals surface area (Å²) in [7, 11) is 1.90. The molecule has 0 aliphatic heterocycles. The van der Waals surface area contributed by atoms with E-state index in [9.17, 15) is 4.79 Å². The summed E-state index contributed by atoms with van der Waals surface area (Å²) < 4.78 is 1.62. The molecular weight excluding hydrogens is 202 g/mol. The van der Waals surface area contributed by atoms with E-state index in [4.69, 9.17) is 0 Å². The highest BCUT2D eigenvalue weighted by Crippen LogP contribution is 2.07. The third-order valence-electron chi connectivity index (χ3n) is 2.52. The van der Waals surface area contributed by atoms with E-state index < -0.39 is 0 Å². The molecule has 0 radical (unpaired) electrons. The number of nitrogens with zero attached hydrogens (tertiary/aromatic N) is 3. The first-order chi connectivity index (χ1) is 7.74. The van der Waals surface area contributed by atoms with Crippen molar-refractivity contribution in [3.8, 4) is 0 Å². The van der Waals surface area contributed by atoms with Crippen LogP contribution in [-0.4, -0.2) is 23.3 Å². The Kier molecular flexibility index (Phi) is 2.90. The van der Waals surface area contributed by atoms with Crippen molar-refractivity contribution < 1.29 is 0 Å². The summed E-state index contributed by atoms with van der Waals surface area (Å²) in [6.07, 6.45) is 2.70. The third-order valence-corrected chi connectivity index (χ3v) is 2.52. The molecule has 0 saturated carbocycles. The molecule has 2 heterocycles. The summed E-state index contributed by atoms with van der Waals surface area (Å²) >= 11 is 0. The first-order valence-electron chi connectivity index (χ1n) is 5.42. The molecule has 4 nitrogen and oxygen atoms in total. The van der Waals surface area contributed by atoms with Gasteiger partial charge in [-0.15, -0.1) is 0 Å². The van der Waals surface area contributed by atoms with Crippen LogP contribution in [0.15, 0.2) is 35.3 Å². The van der Waals surface area contributed by atoms with Crippen molar-refractivity contribution in [3.05, 3.63) is 40.8 Å². The lowest BCUT2D eigenvalue weighted by Gasteiger charge is -2.21. The summed E-state index contributed by atoms with van der Waals surface area (Å²) in [5.41, 5.74) is 0.674. The van der Waals surface area contributed by atoms with Gasteiger partial charge in [0.1, 0.15) is 0 Å². The van der Waals surface area contributed by atoms with Crippen LogP contribution in [0, 0.1) is 0 Å². The average molecular weight is 217 g/mol. The van der Waals surface area contributed by atoms with Crippen molar-refractivity contribution >= 4 is 11.0 Å². The van der Waals surface area contributed by atoms with E-state index in [1.165, 1.54) is 0 Å². The van der Waals surface area contributed by atoms with Crippen molar-refractivity contribution in [2.75, 3.05) is 18.6 Å². The summed E-state index contributed by atoms with van der Waals surface area (Å²) in [6.45, 7) is 2.91. The molecule has 84 valence electrons. The van der Waals surface area contributed by atoms with Gasteiger partial charge < -0.3 is 5.01 Å². The zero-order valence-electron chi connectivity index (χ0n) is 9.55. The van der Waals surface area contributed by atoms with Crippen LogP contribution in [0.25, 0.3) is 11.0 Å². The topological polar surface area (TPSA) is 38.1 Å². The van der Waals surface area contributed by atoms with Gasteiger partial charge in [0.05, 0.1) is 0 Å². The molecule has 4 heteroatoms. The summed E-state index contributed by atoms with van der Waals surface area (Å²) in [5.74, 6) is 0. The maximum atomic E-state index is 11.8. The van der Waals surface area contributed by atoms with Crippen LogP contribution < -0.4 is 10.6 Å². The summed E-state index contributed by atoms with van der Waals surface area (Å²) in [4.78, 5) is 16.1. The molecule has 0 amide bonds. The maximum Gasteiger partial charge on any atom is 0.270 e. The number of hydrogen-bond donors (Lipinski definition) is 0. The Morgan fingerprint density at radius 3 is 2.94 bits per heavy atom. The van der Waals surface area contributed by atoms with E-state index in [0.717, 1.165) is 18.4 Å². The smallest absolute Gasteiger partial charge is 0.270 e. The molecular formula is C12H15N3O. The van der Waals surface area contributed by atoms with Gasteiger partial charge in [0, 0.05) is 31.2 Å². The molecule has 0 fully saturated rings. The lowest BCUT2D eigenvalue weighted by Crippen LogP contribution is -2.39. The van der Waals surface area contributed by atoms with E-state index >= 15 is 0 Å². The second kappa shape index (κ2) is 4.35. The minimum atomic E-state index is -0.0397. The first kappa shape index (κ1) is 10.7. The second-order valence-electron chi connectivity index (χ2n) is 3.78. The predicted octanol–water partition coefficient (Wildman–Crippen LogP) is 1.37. The Balaban J connectivity index is 2.66. The molecule has 2 aromatic rings. The minimum Gasteiger partial charge on any atom is -0.311 e. The van der Waals surface area contributed by atoms with Crippen molar-refractivity contribution in [2.45, 2.75) is 13.3 Å². The molecule has 2 rings (SSSR count). The van der Waals surface area contributed by atoms with Gasteiger partial charge in [-0.25, -0.2) is 9.66 Å². The van der Waals surface area contributed by atoms with Crippen LogP contribution in [0.5, 0.6) is 0 Å². The zero-order chi connectivity index (χ0) is 11.5. The zero-order valence-corrected chi connectivity index (χ0v) is 9.55. The van der Waals surface area contributed by atoms with E-state index in [1.54, 1.807) is 23.0 Å². The SMILES string of the molecule is CCCN(C)n1c(=O)ccc2cccnc21. The maximum absolute atomic E-state index is 11.8. The molecule has 0 aliphatic carbocycles. The monoisotopic (exact) mass is 217 g/mol. The lowest BCUT2D eigenvalue weighted by atomic mass is 10.3. The van der Waals surface area contributed by atoms with Gasteiger partial charge in [0.2, 0.25) is 0 Å². The minimum absolute atomic E-state index is 0.0397. The fourth-order valence-electron chi connectivity index (χ4n) is 1.81. The molecule has 0 atom stereocenters. The molecule has 0 saturated heterocycles. The van der Waals surface area contributed by atoms with Gasteiger partial charge in [-0.1, -0.05) is 6.92 Å². The number of fused-ring (bicyclic) bond motifs is 1. The summed E-state index contributed by atoms with van der Waals surface area (Å²) in [6, 6.07) is 7.21. The van der Waals surface area contributed by atoms with Crippen LogP contribution >= 0.6 is 0 Å². The second-order valence-corrected chi connectivity index (χ2v) is 3.78. The highest BCUT2D eigenvalue weighted by molar-refractivity contribution is 5.74. The van der Waals surface area contributed by atoms with Crippen LogP contribution in [0.3, 0.4) is 0 Å². The van der Waals surface area contributed by atoms with Gasteiger partial charge >= 0.3 is 0 Å². The largest absolute Gasteiger partial charge is 0.311 e. The average Bonchev–Trinajstić information content (AvgIpc) is 2.29. The Bertz CT molecular complexity index is 547. The van der Waals surface area contributed by atoms with E-state index in [-0.39, 0.29) is 5.56 Å². The van der Waals surface area contributed by atoms with Crippen LogP contribution in [-0.2, 0) is 0 Å². The van der Waals surface area contributed by atoms with Crippen molar-refractivity contribution in [1.29, 1.82) is 0 Å². The number of pyridine rings is 2. The predicted molar refractivity (Wildman–Crippen MR) is 65.3 cm³/mol. The fraction of sp³-hybridized carbons (Fsp3) is 0.333. The third kappa shape index (κ3) is 1.78. The molecule has 0 N–H and O–H groups in total. The fourth-order valence-corrected chi connectivity index (χ4v) is 1.81. The normalized spacial score (nSPS) is 10.6. The first-order valence-corrected chi connectivity index (χ1v) is 5.42. The Morgan fingerprint density at radius 1 is 1.38 bits per heavy atom. The van der Waals surface area contributed by atoms with Crippen molar-refractivity contribution in [2.24, 2.45) is 0 Å². The highest BCUT2D eigenvalue weighted by atomic mass is 16.1. The number of rotatable bonds is 3. The van der Waals surface area contributed by atoms with Crippen LogP contribution in [0.1, 0.15) is 13.3 Å². The molecule has 0 aliphatic rings. The Labute approximate surface area is 94.1 Å². The molecule has 16 heavy (non-hydrogen) atoms. The Morgan fingerprint density at radius 2 is 2.19 bits per heavy atom. The van der Waals surface area contributed by atoms with Crippen molar-refractivity contribution in [1.82, 2.24) is 9.66 Å². The number of hydrogen-bond acceptors (Lipinski definition) is 3. The standard InChI is InChI=1S/C12H15N3O/c1-3-9-14(2)15-11(16)7-6-10-5-4-8-13-12(10)15/h4-8H,3,9H2,1-2H3. The van der Waals surface area contributed by atoms with E-state index in [0.29, 0.717) is 5.65 Å². The Hall–Kier alpha value is -1.84. The molecule has 0 spiro atoms. The van der Waals surface area contributed by atoms with E-state index in [1.807, 2.05) is 24.2 Å². The quantitative estimate of drug-likeness (QED) is 0.779. The van der Waals surface area contributed by atoms with Crippen LogP contribution in [0.2, 0.25) is 0 Å². The number of aromatic nitrogens is 2. The summed E-state index contributed by atoms with van der Waals surface area (Å²) in [5, 5.41) is 2.88. The van der Waals surface area contributed by atoms with Crippen molar-refractivity contribution in [3.63, 3.8) is 0 Å². The van der Waals surface area contributed by atoms with Gasteiger partial charge in [0.25, 0.3) is 5.56 Å². The van der Waals surface area contributed by atoms with E-state index in [2.05, 4.69) is 11.9 Å². The molecule has 0 aromatic carbocycles. The van der Waals surface area contributed by atoms with Gasteiger partial charge in [0.15, 0.2) is 5.65 Å².